The molecular weight excluding hydrogens is 330 g/mol. The Labute approximate surface area is 143 Å². The Morgan fingerprint density at radius 2 is 1.76 bits per heavy atom. The zero-order valence-corrected chi connectivity index (χ0v) is 13.6. The summed E-state index contributed by atoms with van der Waals surface area (Å²) in [6, 6.07) is 9.47. The Balaban J connectivity index is 2.03. The number of carbonyl (C=O) groups excluding carboxylic acids is 2. The Hall–Kier alpha value is -2.80. The maximum Gasteiger partial charge on any atom is 0.251 e. The third kappa shape index (κ3) is 4.84. The molecule has 0 aromatic heterocycles. The molecule has 3 N–H and O–H groups in total. The molecule has 0 heterocycles. The summed E-state index contributed by atoms with van der Waals surface area (Å²) in [5.41, 5.74) is 0.210. The van der Waals surface area contributed by atoms with Gasteiger partial charge in [0.1, 0.15) is 17.7 Å². The molecule has 2 amide bonds. The maximum absolute atomic E-state index is 13.6. The van der Waals surface area contributed by atoms with Gasteiger partial charge in [0.2, 0.25) is 5.91 Å². The molecule has 2 aromatic rings. The van der Waals surface area contributed by atoms with Crippen molar-refractivity contribution >= 4 is 17.5 Å². The number of hydrogen-bond acceptors (Lipinski definition) is 3. The summed E-state index contributed by atoms with van der Waals surface area (Å²) in [5.74, 6) is -2.50. The second-order valence-corrected chi connectivity index (χ2v) is 5.34. The summed E-state index contributed by atoms with van der Waals surface area (Å²) >= 11 is 0. The molecule has 0 saturated heterocycles. The molecule has 1 unspecified atom stereocenters. The molecule has 0 aliphatic carbocycles. The minimum atomic E-state index is -1.52. The normalized spacial score (nSPS) is 11.7. The number of carbonyl (C=O) groups is 2. The number of amides is 2. The molecule has 1 atom stereocenters. The van der Waals surface area contributed by atoms with Crippen molar-refractivity contribution in [2.45, 2.75) is 19.4 Å². The Morgan fingerprint density at radius 1 is 1.12 bits per heavy atom. The first-order chi connectivity index (χ1) is 11.9. The SMILES string of the molecule is CCC(=O)Nc1cccc(C(=O)NCC(O)c2c(F)cccc2F)c1. The number of anilines is 1. The molecule has 0 aliphatic rings. The van der Waals surface area contributed by atoms with Gasteiger partial charge in [0, 0.05) is 24.2 Å². The van der Waals surface area contributed by atoms with Gasteiger partial charge in [-0.25, -0.2) is 8.78 Å². The van der Waals surface area contributed by atoms with Gasteiger partial charge in [0.25, 0.3) is 5.91 Å². The lowest BCUT2D eigenvalue weighted by molar-refractivity contribution is -0.115. The van der Waals surface area contributed by atoms with Crippen LogP contribution in [0, 0.1) is 11.6 Å². The van der Waals surface area contributed by atoms with Crippen molar-refractivity contribution < 1.29 is 23.5 Å². The van der Waals surface area contributed by atoms with E-state index in [0.717, 1.165) is 12.1 Å². The summed E-state index contributed by atoms with van der Waals surface area (Å²) in [6.45, 7) is 1.34. The van der Waals surface area contributed by atoms with Crippen LogP contribution in [-0.4, -0.2) is 23.5 Å². The summed E-state index contributed by atoms with van der Waals surface area (Å²) in [4.78, 5) is 23.5. The average Bonchev–Trinajstić information content (AvgIpc) is 2.59. The number of rotatable bonds is 6. The Kier molecular flexibility index (Phi) is 6.19. The van der Waals surface area contributed by atoms with Crippen LogP contribution in [0.4, 0.5) is 14.5 Å². The van der Waals surface area contributed by atoms with Gasteiger partial charge in [-0.05, 0) is 30.3 Å². The second kappa shape index (κ2) is 8.34. The number of aliphatic hydroxyl groups excluding tert-OH is 1. The molecule has 5 nitrogen and oxygen atoms in total. The van der Waals surface area contributed by atoms with E-state index in [1.807, 2.05) is 0 Å². The van der Waals surface area contributed by atoms with Crippen molar-refractivity contribution in [1.82, 2.24) is 5.32 Å². The van der Waals surface area contributed by atoms with Crippen LogP contribution in [0.25, 0.3) is 0 Å². The highest BCUT2D eigenvalue weighted by Gasteiger charge is 2.18. The zero-order chi connectivity index (χ0) is 18.4. The largest absolute Gasteiger partial charge is 0.386 e. The molecule has 25 heavy (non-hydrogen) atoms. The van der Waals surface area contributed by atoms with E-state index in [9.17, 15) is 23.5 Å². The molecule has 0 fully saturated rings. The van der Waals surface area contributed by atoms with Gasteiger partial charge in [-0.1, -0.05) is 19.1 Å². The lowest BCUT2D eigenvalue weighted by atomic mass is 10.1. The van der Waals surface area contributed by atoms with Crippen molar-refractivity contribution in [3.63, 3.8) is 0 Å². The Morgan fingerprint density at radius 3 is 2.40 bits per heavy atom. The number of benzene rings is 2. The van der Waals surface area contributed by atoms with E-state index in [1.165, 1.54) is 18.2 Å². The van der Waals surface area contributed by atoms with Gasteiger partial charge in [-0.3, -0.25) is 9.59 Å². The standard InChI is InChI=1S/C18H18F2N2O3/c1-2-16(24)22-12-6-3-5-11(9-12)18(25)21-10-15(23)17-13(19)7-4-8-14(17)20/h3-9,15,23H,2,10H2,1H3,(H,21,25)(H,22,24). The fraction of sp³-hybridized carbons (Fsp3) is 0.222. The predicted octanol–water partition coefficient (Wildman–Crippen LogP) is 2.78. The lowest BCUT2D eigenvalue weighted by Gasteiger charge is -2.14. The van der Waals surface area contributed by atoms with Crippen molar-refractivity contribution in [3.8, 4) is 0 Å². The van der Waals surface area contributed by atoms with Gasteiger partial charge in [-0.15, -0.1) is 0 Å². The van der Waals surface area contributed by atoms with E-state index in [2.05, 4.69) is 10.6 Å². The fourth-order valence-electron chi connectivity index (χ4n) is 2.21. The van der Waals surface area contributed by atoms with Gasteiger partial charge in [-0.2, -0.15) is 0 Å². The van der Waals surface area contributed by atoms with Gasteiger partial charge in [0.15, 0.2) is 0 Å². The molecule has 2 rings (SSSR count). The molecule has 0 aliphatic heterocycles. The van der Waals surface area contributed by atoms with Crippen LogP contribution in [0.15, 0.2) is 42.5 Å². The molecule has 7 heteroatoms. The third-order valence-electron chi connectivity index (χ3n) is 3.52. The highest BCUT2D eigenvalue weighted by Crippen LogP contribution is 2.20. The number of hydrogen-bond donors (Lipinski definition) is 3. The minimum absolute atomic E-state index is 0.192. The average molecular weight is 348 g/mol. The molecule has 2 aromatic carbocycles. The lowest BCUT2D eigenvalue weighted by Crippen LogP contribution is -2.29. The highest BCUT2D eigenvalue weighted by atomic mass is 19.1. The number of aliphatic hydroxyl groups is 1. The van der Waals surface area contributed by atoms with Crippen LogP contribution < -0.4 is 10.6 Å². The molecular formula is C18H18F2N2O3. The molecule has 0 spiro atoms. The van der Waals surface area contributed by atoms with Crippen LogP contribution >= 0.6 is 0 Å². The van der Waals surface area contributed by atoms with Gasteiger partial charge >= 0.3 is 0 Å². The van der Waals surface area contributed by atoms with Crippen molar-refractivity contribution in [1.29, 1.82) is 0 Å². The number of nitrogens with one attached hydrogen (secondary N) is 2. The van der Waals surface area contributed by atoms with E-state index in [1.54, 1.807) is 19.1 Å². The van der Waals surface area contributed by atoms with Crippen LogP contribution in [0.1, 0.15) is 35.4 Å². The van der Waals surface area contributed by atoms with E-state index in [0.29, 0.717) is 12.1 Å². The summed E-state index contributed by atoms with van der Waals surface area (Å²) in [5, 5.41) is 15.0. The monoisotopic (exact) mass is 348 g/mol. The van der Waals surface area contributed by atoms with Crippen molar-refractivity contribution in [2.75, 3.05) is 11.9 Å². The van der Waals surface area contributed by atoms with Crippen LogP contribution in [0.2, 0.25) is 0 Å². The summed E-state index contributed by atoms with van der Waals surface area (Å²) in [6.07, 6.45) is -1.22. The van der Waals surface area contributed by atoms with Gasteiger partial charge < -0.3 is 15.7 Å². The van der Waals surface area contributed by atoms with Crippen LogP contribution in [-0.2, 0) is 4.79 Å². The summed E-state index contributed by atoms with van der Waals surface area (Å²) in [7, 11) is 0. The van der Waals surface area contributed by atoms with Crippen molar-refractivity contribution in [2.24, 2.45) is 0 Å². The predicted molar refractivity (Wildman–Crippen MR) is 89.0 cm³/mol. The van der Waals surface area contributed by atoms with Crippen molar-refractivity contribution in [3.05, 3.63) is 65.2 Å². The second-order valence-electron chi connectivity index (χ2n) is 5.34. The minimum Gasteiger partial charge on any atom is -0.386 e. The van der Waals surface area contributed by atoms with Crippen LogP contribution in [0.3, 0.4) is 0 Å². The first-order valence-corrected chi connectivity index (χ1v) is 7.72. The first-order valence-electron chi connectivity index (χ1n) is 7.72. The van der Waals surface area contributed by atoms with Crippen LogP contribution in [0.5, 0.6) is 0 Å². The topological polar surface area (TPSA) is 78.4 Å². The van der Waals surface area contributed by atoms with Gasteiger partial charge in [0.05, 0.1) is 5.56 Å². The first kappa shape index (κ1) is 18.5. The van der Waals surface area contributed by atoms with E-state index < -0.39 is 29.2 Å². The van der Waals surface area contributed by atoms with E-state index in [-0.39, 0.29) is 18.0 Å². The smallest absolute Gasteiger partial charge is 0.251 e. The molecule has 0 saturated carbocycles. The third-order valence-corrected chi connectivity index (χ3v) is 3.52. The quantitative estimate of drug-likeness (QED) is 0.751. The molecule has 132 valence electrons. The molecule has 0 bridgehead atoms. The fourth-order valence-corrected chi connectivity index (χ4v) is 2.21. The number of halogens is 2. The Bertz CT molecular complexity index is 760. The maximum atomic E-state index is 13.6. The summed E-state index contributed by atoms with van der Waals surface area (Å²) < 4.78 is 27.2. The zero-order valence-electron chi connectivity index (χ0n) is 13.6. The van der Waals surface area contributed by atoms with E-state index >= 15 is 0 Å². The molecule has 0 radical (unpaired) electrons. The van der Waals surface area contributed by atoms with E-state index in [4.69, 9.17) is 0 Å². The highest BCUT2D eigenvalue weighted by molar-refractivity contribution is 5.97.